The van der Waals surface area contributed by atoms with Crippen LogP contribution in [-0.4, -0.2) is 74.9 Å². The van der Waals surface area contributed by atoms with Crippen molar-refractivity contribution in [2.24, 2.45) is 0 Å². The molecule has 0 amide bonds. The van der Waals surface area contributed by atoms with Gasteiger partial charge in [0.1, 0.15) is 19.8 Å². The van der Waals surface area contributed by atoms with Crippen LogP contribution in [-0.2, 0) is 32.7 Å². The molecule has 0 aromatic carbocycles. The molecule has 92 heavy (non-hydrogen) atoms. The molecule has 0 saturated carbocycles. The summed E-state index contributed by atoms with van der Waals surface area (Å²) >= 11 is 0. The van der Waals surface area contributed by atoms with Gasteiger partial charge in [0.05, 0.1) is 27.7 Å². The summed E-state index contributed by atoms with van der Waals surface area (Å²) < 4.78 is 34.6. The highest BCUT2D eigenvalue weighted by Gasteiger charge is 2.27. The molecule has 0 aromatic heterocycles. The lowest BCUT2D eigenvalue weighted by molar-refractivity contribution is -0.870. The van der Waals surface area contributed by atoms with Gasteiger partial charge in [-0.05, 0) is 161 Å². The Balaban J connectivity index is 4.30. The predicted molar refractivity (Wildman–Crippen MR) is 398 cm³/mol. The van der Waals surface area contributed by atoms with E-state index in [0.717, 1.165) is 161 Å². The molecule has 0 spiro atoms. The van der Waals surface area contributed by atoms with Crippen molar-refractivity contribution in [1.82, 2.24) is 0 Å². The Kier molecular flexibility index (Phi) is 64.5. The number of carbonyl (C=O) groups excluding carboxylic acids is 2. The van der Waals surface area contributed by atoms with Gasteiger partial charge in [-0.1, -0.05) is 276 Å². The first-order valence-corrected chi connectivity index (χ1v) is 36.3. The first kappa shape index (κ1) is 85.8. The highest BCUT2D eigenvalue weighted by Crippen LogP contribution is 2.43. The van der Waals surface area contributed by atoms with Gasteiger partial charge < -0.3 is 18.9 Å². The number of rotatable bonds is 60. The predicted octanol–water partition coefficient (Wildman–Crippen LogP) is 23.1. The Morgan fingerprint density at radius 2 is 0.598 bits per heavy atom. The van der Waals surface area contributed by atoms with Crippen molar-refractivity contribution in [1.29, 1.82) is 0 Å². The van der Waals surface area contributed by atoms with E-state index in [-0.39, 0.29) is 26.1 Å². The summed E-state index contributed by atoms with van der Waals surface area (Å²) in [7, 11) is 1.39. The number of esters is 2. The molecule has 0 saturated heterocycles. The lowest BCUT2D eigenvalue weighted by atomic mass is 10.1. The second-order valence-electron chi connectivity index (χ2n) is 23.1. The van der Waals surface area contributed by atoms with Gasteiger partial charge >= 0.3 is 19.8 Å². The standard InChI is InChI=1S/C82H124NO8P/c1-6-8-10-12-14-16-18-20-22-24-26-28-30-32-34-36-37-38-39-40-41-42-43-44-45-47-49-51-53-55-57-59-61-63-65-67-69-71-73-75-82(85)91-80(79-90-92(86,87)89-77-76-83(3,4)5)78-88-81(84)74-72-70-68-66-64-62-60-58-56-54-52-50-48-46-35-33-31-29-27-25-23-21-19-17-15-13-11-9-7-2/h8-11,14-17,20-23,26-29,32-35,37-38,40-41,43-44,47-50,53-56,59-62,66,68,80H,6-7,12-13,18-19,24-25,30-31,36,39,42,45-46,51-52,57-58,63-65,67,69-79H2,1-5H3/p+1/b10-8-,11-9-,16-14-,17-15-,22-20-,23-21-,28-26-,29-27-,34-32-,35-33-,38-37-,41-40-,44-43-,49-47-,50-48-,55-53-,56-54-,61-59-,62-60-,68-66-. The van der Waals surface area contributed by atoms with Crippen LogP contribution in [0, 0.1) is 0 Å². The van der Waals surface area contributed by atoms with Gasteiger partial charge in [0.2, 0.25) is 0 Å². The van der Waals surface area contributed by atoms with Crippen LogP contribution in [0.2, 0.25) is 0 Å². The SMILES string of the molecule is CC/C=C\C/C=C\C/C=C\C/C=C\C/C=C\C/C=C\C/C=C\C/C=C\C/C=C\C/C=C\C/C=C\CCCCCCCC(=O)OC(COC(=O)CCC/C=C\C/C=C\C/C=C\C/C=C\C/C=C\C/C=C\C/C=C\C/C=C\C/C=C\CC)COP(=O)(O)OCC[N+](C)(C)C. The number of carbonyl (C=O) groups is 2. The zero-order chi connectivity index (χ0) is 66.9. The van der Waals surface area contributed by atoms with Crippen molar-refractivity contribution in [3.8, 4) is 0 Å². The maximum absolute atomic E-state index is 12.9. The largest absolute Gasteiger partial charge is 0.472 e. The van der Waals surface area contributed by atoms with Crippen molar-refractivity contribution in [3.63, 3.8) is 0 Å². The Morgan fingerprint density at radius 1 is 0.337 bits per heavy atom. The number of ether oxygens (including phenoxy) is 2. The maximum Gasteiger partial charge on any atom is 0.472 e. The van der Waals surface area contributed by atoms with E-state index in [1.807, 2.05) is 21.1 Å². The second-order valence-corrected chi connectivity index (χ2v) is 24.5. The molecule has 0 aliphatic carbocycles. The zero-order valence-electron chi connectivity index (χ0n) is 57.9. The van der Waals surface area contributed by atoms with E-state index in [2.05, 4.69) is 257 Å². The summed E-state index contributed by atoms with van der Waals surface area (Å²) in [5.74, 6) is -0.913. The average Bonchev–Trinajstić information content (AvgIpc) is 2.14. The van der Waals surface area contributed by atoms with Gasteiger partial charge in [-0.3, -0.25) is 18.6 Å². The lowest BCUT2D eigenvalue weighted by Gasteiger charge is -2.24. The first-order chi connectivity index (χ1) is 45.0. The van der Waals surface area contributed by atoms with E-state index in [0.29, 0.717) is 30.3 Å². The van der Waals surface area contributed by atoms with Gasteiger partial charge in [-0.25, -0.2) is 4.57 Å². The van der Waals surface area contributed by atoms with Crippen LogP contribution in [0.4, 0.5) is 0 Å². The third-order valence-corrected chi connectivity index (χ3v) is 14.4. The molecular formula is C82H125NO8P+. The number of allylic oxidation sites excluding steroid dienone is 40. The molecular weight excluding hydrogens is 1160 g/mol. The highest BCUT2D eigenvalue weighted by atomic mass is 31.2. The van der Waals surface area contributed by atoms with Crippen LogP contribution in [0.25, 0.3) is 0 Å². The molecule has 0 fully saturated rings. The molecule has 9 nitrogen and oxygen atoms in total. The Bertz CT molecular complexity index is 2450. The first-order valence-electron chi connectivity index (χ1n) is 34.8. The fourth-order valence-electron chi connectivity index (χ4n) is 8.14. The van der Waals surface area contributed by atoms with Crippen LogP contribution in [0.5, 0.6) is 0 Å². The van der Waals surface area contributed by atoms with Gasteiger partial charge in [0.25, 0.3) is 0 Å². The topological polar surface area (TPSA) is 108 Å². The smallest absolute Gasteiger partial charge is 0.462 e. The van der Waals surface area contributed by atoms with Crippen molar-refractivity contribution in [2.75, 3.05) is 47.5 Å². The van der Waals surface area contributed by atoms with E-state index >= 15 is 0 Å². The van der Waals surface area contributed by atoms with Crippen molar-refractivity contribution in [3.05, 3.63) is 243 Å². The summed E-state index contributed by atoms with van der Waals surface area (Å²) in [6, 6.07) is 0. The van der Waals surface area contributed by atoms with Gasteiger partial charge in [-0.15, -0.1) is 0 Å². The summed E-state index contributed by atoms with van der Waals surface area (Å²) in [4.78, 5) is 35.8. The molecule has 0 radical (unpaired) electrons. The van der Waals surface area contributed by atoms with E-state index in [1.165, 1.54) is 0 Å². The molecule has 0 aromatic rings. The number of unbranched alkanes of at least 4 members (excludes halogenated alkanes) is 6. The summed E-state index contributed by atoms with van der Waals surface area (Å²) in [5.41, 5.74) is 0. The van der Waals surface area contributed by atoms with Gasteiger partial charge in [0, 0.05) is 12.8 Å². The molecule has 2 atom stereocenters. The Labute approximate surface area is 562 Å². The summed E-state index contributed by atoms with van der Waals surface area (Å²) in [6.45, 7) is 4.07. The molecule has 0 heterocycles. The molecule has 1 N–H and O–H groups in total. The van der Waals surface area contributed by atoms with Crippen LogP contribution in [0.3, 0.4) is 0 Å². The molecule has 10 heteroatoms. The summed E-state index contributed by atoms with van der Waals surface area (Å²) in [5, 5.41) is 0. The Morgan fingerprint density at radius 3 is 0.902 bits per heavy atom. The molecule has 0 aliphatic heterocycles. The van der Waals surface area contributed by atoms with Crippen LogP contribution >= 0.6 is 7.82 Å². The number of nitrogens with zero attached hydrogens (tertiary/aromatic N) is 1. The van der Waals surface area contributed by atoms with Gasteiger partial charge in [-0.2, -0.15) is 0 Å². The summed E-state index contributed by atoms with van der Waals surface area (Å²) in [6.07, 6.45) is 114. The molecule has 0 aliphatic rings. The third kappa shape index (κ3) is 72.9. The quantitative estimate of drug-likeness (QED) is 0.0211. The molecule has 0 rings (SSSR count). The van der Waals surface area contributed by atoms with Crippen molar-refractivity contribution in [2.45, 2.75) is 213 Å². The molecule has 2 unspecified atom stereocenters. The lowest BCUT2D eigenvalue weighted by Crippen LogP contribution is -2.37. The fourth-order valence-corrected chi connectivity index (χ4v) is 8.88. The van der Waals surface area contributed by atoms with E-state index < -0.39 is 32.5 Å². The zero-order valence-corrected chi connectivity index (χ0v) is 58.8. The molecule has 0 bridgehead atoms. The highest BCUT2D eigenvalue weighted by molar-refractivity contribution is 7.47. The van der Waals surface area contributed by atoms with Crippen molar-refractivity contribution >= 4 is 19.8 Å². The van der Waals surface area contributed by atoms with Crippen LogP contribution in [0.15, 0.2) is 243 Å². The van der Waals surface area contributed by atoms with Crippen LogP contribution in [0.1, 0.15) is 206 Å². The third-order valence-electron chi connectivity index (χ3n) is 13.4. The van der Waals surface area contributed by atoms with Crippen molar-refractivity contribution < 1.29 is 42.1 Å². The number of hydrogen-bond donors (Lipinski definition) is 1. The minimum Gasteiger partial charge on any atom is -0.462 e. The number of phosphoric ester groups is 1. The number of phosphoric acid groups is 1. The van der Waals surface area contributed by atoms with Crippen LogP contribution < -0.4 is 0 Å². The fraction of sp³-hybridized carbons (Fsp3) is 0.488. The van der Waals surface area contributed by atoms with E-state index in [4.69, 9.17) is 18.5 Å². The maximum atomic E-state index is 12.9. The minimum absolute atomic E-state index is 0.00352. The molecule has 510 valence electrons. The number of hydrogen-bond acceptors (Lipinski definition) is 7. The minimum atomic E-state index is -4.43. The van der Waals surface area contributed by atoms with E-state index in [9.17, 15) is 19.0 Å². The average molecular weight is 1280 g/mol. The van der Waals surface area contributed by atoms with E-state index in [1.54, 1.807) is 0 Å². The Hall–Kier alpha value is -6.19. The normalized spacial score (nSPS) is 14.6. The second kappa shape index (κ2) is 69.2. The van der Waals surface area contributed by atoms with Gasteiger partial charge in [0.15, 0.2) is 6.10 Å². The monoisotopic (exact) mass is 1280 g/mol. The number of quaternary nitrogens is 1. The number of likely N-dealkylation sites (N-methyl/N-ethyl adjacent to an activating group) is 1.